The summed E-state index contributed by atoms with van der Waals surface area (Å²) in [5, 5.41) is 13.9. The van der Waals surface area contributed by atoms with Gasteiger partial charge in [0.25, 0.3) is 0 Å². The molecule has 2 aliphatic rings. The van der Waals surface area contributed by atoms with Gasteiger partial charge in [0, 0.05) is 26.2 Å². The van der Waals surface area contributed by atoms with Gasteiger partial charge in [0.1, 0.15) is 18.5 Å². The van der Waals surface area contributed by atoms with E-state index < -0.39 is 6.10 Å². The molecule has 0 aromatic heterocycles. The molecule has 3 rings (SSSR count). The highest BCUT2D eigenvalue weighted by molar-refractivity contribution is 5.28. The Morgan fingerprint density at radius 1 is 0.968 bits per heavy atom. The van der Waals surface area contributed by atoms with Crippen molar-refractivity contribution < 1.29 is 14.6 Å². The molecule has 0 spiro atoms. The molecule has 0 amide bonds. The van der Waals surface area contributed by atoms with Gasteiger partial charge in [-0.05, 0) is 69.6 Å². The van der Waals surface area contributed by atoms with Gasteiger partial charge < -0.3 is 24.8 Å². The maximum atomic E-state index is 10.4. The maximum Gasteiger partial charge on any atom is 0.119 e. The molecule has 1 atom stereocenters. The van der Waals surface area contributed by atoms with Crippen molar-refractivity contribution in [2.45, 2.75) is 57.6 Å². The van der Waals surface area contributed by atoms with Crippen LogP contribution in [-0.4, -0.2) is 86.6 Å². The van der Waals surface area contributed by atoms with Crippen LogP contribution in [0.4, 0.5) is 0 Å². The van der Waals surface area contributed by atoms with Gasteiger partial charge >= 0.3 is 0 Å². The minimum absolute atomic E-state index is 0.358. The third-order valence-corrected chi connectivity index (χ3v) is 6.27. The van der Waals surface area contributed by atoms with Crippen LogP contribution in [0.5, 0.6) is 5.75 Å². The van der Waals surface area contributed by atoms with Crippen molar-refractivity contribution in [2.24, 2.45) is 0 Å². The van der Waals surface area contributed by atoms with Crippen LogP contribution in [0.15, 0.2) is 24.3 Å². The molecule has 2 aliphatic heterocycles. The summed E-state index contributed by atoms with van der Waals surface area (Å²) >= 11 is 0. The topological polar surface area (TPSA) is 57.2 Å². The Labute approximate surface area is 188 Å². The van der Waals surface area contributed by atoms with Crippen molar-refractivity contribution in [1.82, 2.24) is 15.1 Å². The third-order valence-electron chi connectivity index (χ3n) is 6.27. The lowest BCUT2D eigenvalue weighted by Crippen LogP contribution is -2.36. The zero-order valence-corrected chi connectivity index (χ0v) is 19.3. The zero-order chi connectivity index (χ0) is 21.6. The van der Waals surface area contributed by atoms with Gasteiger partial charge in [-0.15, -0.1) is 0 Å². The van der Waals surface area contributed by atoms with E-state index in [4.69, 9.17) is 9.47 Å². The summed E-state index contributed by atoms with van der Waals surface area (Å²) in [5.74, 6) is 0.847. The van der Waals surface area contributed by atoms with Crippen molar-refractivity contribution in [3.63, 3.8) is 0 Å². The van der Waals surface area contributed by atoms with Gasteiger partial charge in [-0.25, -0.2) is 0 Å². The van der Waals surface area contributed by atoms with Gasteiger partial charge in [0.2, 0.25) is 0 Å². The van der Waals surface area contributed by atoms with Crippen LogP contribution >= 0.6 is 0 Å². The number of benzene rings is 1. The van der Waals surface area contributed by atoms with E-state index in [2.05, 4.69) is 27.2 Å². The van der Waals surface area contributed by atoms with E-state index in [-0.39, 0.29) is 0 Å². The fraction of sp³-hybridized carbons (Fsp3) is 0.760. The Balaban J connectivity index is 1.24. The Bertz CT molecular complexity index is 587. The number of unbranched alkanes of at least 4 members (excludes halogenated alkanes) is 2. The second-order valence-corrected chi connectivity index (χ2v) is 9.02. The van der Waals surface area contributed by atoms with Gasteiger partial charge in [0.15, 0.2) is 0 Å². The van der Waals surface area contributed by atoms with E-state index in [9.17, 15) is 5.11 Å². The second-order valence-electron chi connectivity index (χ2n) is 9.02. The summed E-state index contributed by atoms with van der Waals surface area (Å²) in [7, 11) is 0. The smallest absolute Gasteiger partial charge is 0.119 e. The highest BCUT2D eigenvalue weighted by atomic mass is 16.5. The standard InChI is InChI=1S/C25H43N3O3/c29-24(21-28-13-5-1-2-6-14-28)22-31-25-10-8-9-23(19-25)20-26-11-4-3-7-12-27-15-17-30-18-16-27/h8-10,19,24,26,29H,1-7,11-18,20-22H2/t24-/m1/s1. The summed E-state index contributed by atoms with van der Waals surface area (Å²) in [5.41, 5.74) is 1.23. The molecular formula is C25H43N3O3. The summed E-state index contributed by atoms with van der Waals surface area (Å²) < 4.78 is 11.3. The predicted molar refractivity (Wildman–Crippen MR) is 126 cm³/mol. The van der Waals surface area contributed by atoms with Crippen LogP contribution in [0.3, 0.4) is 0 Å². The highest BCUT2D eigenvalue weighted by Crippen LogP contribution is 2.15. The van der Waals surface area contributed by atoms with Gasteiger partial charge in [-0.2, -0.15) is 0 Å². The Hall–Kier alpha value is -1.18. The molecular weight excluding hydrogens is 390 g/mol. The Morgan fingerprint density at radius 3 is 2.58 bits per heavy atom. The van der Waals surface area contributed by atoms with Gasteiger partial charge in [-0.3, -0.25) is 4.90 Å². The van der Waals surface area contributed by atoms with Crippen molar-refractivity contribution >= 4 is 0 Å². The summed E-state index contributed by atoms with van der Waals surface area (Å²) in [4.78, 5) is 4.88. The van der Waals surface area contributed by atoms with Crippen LogP contribution < -0.4 is 10.1 Å². The largest absolute Gasteiger partial charge is 0.491 e. The number of hydrogen-bond donors (Lipinski definition) is 2. The van der Waals surface area contributed by atoms with Crippen LogP contribution in [0.25, 0.3) is 0 Å². The molecule has 0 unspecified atom stereocenters. The zero-order valence-electron chi connectivity index (χ0n) is 19.3. The first-order valence-corrected chi connectivity index (χ1v) is 12.4. The second kappa shape index (κ2) is 14.8. The van der Waals surface area contributed by atoms with Crippen LogP contribution in [0.2, 0.25) is 0 Å². The molecule has 6 nitrogen and oxygen atoms in total. The quantitative estimate of drug-likeness (QED) is 0.467. The first kappa shape index (κ1) is 24.5. The van der Waals surface area contributed by atoms with E-state index in [1.807, 2.05) is 12.1 Å². The molecule has 2 fully saturated rings. The number of likely N-dealkylation sites (tertiary alicyclic amines) is 1. The predicted octanol–water partition coefficient (Wildman–Crippen LogP) is 2.89. The number of hydrogen-bond acceptors (Lipinski definition) is 6. The summed E-state index contributed by atoms with van der Waals surface area (Å²) in [6.07, 6.45) is 8.44. The number of nitrogens with zero attached hydrogens (tertiary/aromatic N) is 2. The van der Waals surface area contributed by atoms with Crippen molar-refractivity contribution in [2.75, 3.05) is 65.6 Å². The van der Waals surface area contributed by atoms with E-state index in [0.29, 0.717) is 13.2 Å². The molecule has 0 radical (unpaired) electrons. The van der Waals surface area contributed by atoms with Crippen molar-refractivity contribution in [3.05, 3.63) is 29.8 Å². The van der Waals surface area contributed by atoms with Crippen molar-refractivity contribution in [1.29, 1.82) is 0 Å². The molecule has 0 saturated carbocycles. The first-order valence-electron chi connectivity index (χ1n) is 12.4. The minimum atomic E-state index is -0.433. The number of morpholine rings is 1. The van der Waals surface area contributed by atoms with E-state index >= 15 is 0 Å². The SMILES string of the molecule is O[C@@H](COc1cccc(CNCCCCCN2CCOCC2)c1)CN1CCCCCC1. The Kier molecular flexibility index (Phi) is 11.7. The minimum Gasteiger partial charge on any atom is -0.491 e. The number of aliphatic hydroxyl groups is 1. The fourth-order valence-electron chi connectivity index (χ4n) is 4.43. The molecule has 31 heavy (non-hydrogen) atoms. The Morgan fingerprint density at radius 2 is 1.77 bits per heavy atom. The lowest BCUT2D eigenvalue weighted by atomic mass is 10.2. The van der Waals surface area contributed by atoms with Crippen LogP contribution in [-0.2, 0) is 11.3 Å². The summed E-state index contributed by atoms with van der Waals surface area (Å²) in [6.45, 7) is 10.3. The third kappa shape index (κ3) is 10.3. The number of β-amino-alcohol motifs (C(OH)–C–C–N with tert-alkyl or cyclic N) is 1. The molecule has 2 N–H and O–H groups in total. The molecule has 0 aliphatic carbocycles. The normalized spacial score (nSPS) is 19.8. The van der Waals surface area contributed by atoms with Crippen LogP contribution in [0, 0.1) is 0 Å². The molecule has 2 heterocycles. The summed E-state index contributed by atoms with van der Waals surface area (Å²) in [6, 6.07) is 8.24. The van der Waals surface area contributed by atoms with Gasteiger partial charge in [0.05, 0.1) is 13.2 Å². The molecule has 2 saturated heterocycles. The van der Waals surface area contributed by atoms with Crippen LogP contribution in [0.1, 0.15) is 50.5 Å². The van der Waals surface area contributed by atoms with E-state index in [0.717, 1.165) is 58.2 Å². The lowest BCUT2D eigenvalue weighted by molar-refractivity contribution is 0.0371. The average molecular weight is 434 g/mol. The number of aliphatic hydroxyl groups excluding tert-OH is 1. The first-order chi connectivity index (χ1) is 15.3. The molecule has 0 bridgehead atoms. The molecule has 6 heteroatoms. The fourth-order valence-corrected chi connectivity index (χ4v) is 4.43. The number of ether oxygens (including phenoxy) is 2. The van der Waals surface area contributed by atoms with Crippen molar-refractivity contribution in [3.8, 4) is 5.75 Å². The lowest BCUT2D eigenvalue weighted by Gasteiger charge is -2.26. The maximum absolute atomic E-state index is 10.4. The highest BCUT2D eigenvalue weighted by Gasteiger charge is 2.14. The number of rotatable bonds is 13. The molecule has 1 aromatic rings. The molecule has 176 valence electrons. The number of nitrogens with one attached hydrogen (secondary N) is 1. The van der Waals surface area contributed by atoms with E-state index in [1.165, 1.54) is 57.1 Å². The van der Waals surface area contributed by atoms with Gasteiger partial charge in [-0.1, -0.05) is 31.4 Å². The molecule has 1 aromatic carbocycles. The van der Waals surface area contributed by atoms with E-state index in [1.54, 1.807) is 0 Å². The monoisotopic (exact) mass is 433 g/mol. The average Bonchev–Trinajstić information content (AvgIpc) is 3.07.